The zero-order chi connectivity index (χ0) is 15.6. The minimum Gasteiger partial charge on any atom is -0.478 e. The van der Waals surface area contributed by atoms with E-state index in [-0.39, 0.29) is 17.5 Å². The quantitative estimate of drug-likeness (QED) is 0.924. The first kappa shape index (κ1) is 15.5. The number of amides is 1. The molecule has 1 heterocycles. The lowest BCUT2D eigenvalue weighted by atomic mass is 10.0. The van der Waals surface area contributed by atoms with Gasteiger partial charge in [-0.15, -0.1) is 0 Å². The Labute approximate surface area is 125 Å². The maximum Gasteiger partial charge on any atom is 0.335 e. The van der Waals surface area contributed by atoms with E-state index in [1.807, 2.05) is 11.8 Å². The zero-order valence-electron chi connectivity index (χ0n) is 12.9. The Balaban J connectivity index is 2.25. The van der Waals surface area contributed by atoms with Crippen molar-refractivity contribution in [2.24, 2.45) is 5.92 Å². The summed E-state index contributed by atoms with van der Waals surface area (Å²) in [5.74, 6) is -0.479. The van der Waals surface area contributed by atoms with Crippen molar-refractivity contribution in [3.05, 3.63) is 34.9 Å². The third-order valence-electron chi connectivity index (χ3n) is 3.95. The van der Waals surface area contributed by atoms with Gasteiger partial charge in [-0.3, -0.25) is 4.79 Å². The van der Waals surface area contributed by atoms with Crippen LogP contribution in [0.4, 0.5) is 0 Å². The van der Waals surface area contributed by atoms with Crippen molar-refractivity contribution in [2.75, 3.05) is 6.54 Å². The van der Waals surface area contributed by atoms with E-state index >= 15 is 0 Å². The van der Waals surface area contributed by atoms with Gasteiger partial charge in [0.2, 0.25) is 0 Å². The molecule has 1 fully saturated rings. The first-order valence-electron chi connectivity index (χ1n) is 7.54. The number of hydrogen-bond acceptors (Lipinski definition) is 2. The smallest absolute Gasteiger partial charge is 0.335 e. The van der Waals surface area contributed by atoms with Crippen LogP contribution in [0.3, 0.4) is 0 Å². The molecule has 1 N–H and O–H groups in total. The number of benzene rings is 1. The summed E-state index contributed by atoms with van der Waals surface area (Å²) in [7, 11) is 0. The van der Waals surface area contributed by atoms with Crippen molar-refractivity contribution in [3.63, 3.8) is 0 Å². The van der Waals surface area contributed by atoms with E-state index in [0.717, 1.165) is 31.4 Å². The molecule has 0 spiro atoms. The van der Waals surface area contributed by atoms with Gasteiger partial charge in [-0.1, -0.05) is 13.8 Å². The van der Waals surface area contributed by atoms with Crippen LogP contribution >= 0.6 is 0 Å². The molecule has 2 rings (SSSR count). The third-order valence-corrected chi connectivity index (χ3v) is 3.95. The van der Waals surface area contributed by atoms with Crippen LogP contribution < -0.4 is 0 Å². The van der Waals surface area contributed by atoms with Crippen molar-refractivity contribution in [3.8, 4) is 0 Å². The molecule has 1 unspecified atom stereocenters. The molecular weight excluding hydrogens is 266 g/mol. The number of likely N-dealkylation sites (tertiary alicyclic amines) is 1. The summed E-state index contributed by atoms with van der Waals surface area (Å²) in [6.07, 6.45) is 3.07. The molecule has 4 heteroatoms. The van der Waals surface area contributed by atoms with Gasteiger partial charge >= 0.3 is 5.97 Å². The summed E-state index contributed by atoms with van der Waals surface area (Å²) < 4.78 is 0. The fraction of sp³-hybridized carbons (Fsp3) is 0.529. The molecular formula is C17H23NO3. The summed E-state index contributed by atoms with van der Waals surface area (Å²) >= 11 is 0. The SMILES string of the molecule is Cc1cc(C(=O)O)cc(C(=O)N2CCCC2CC(C)C)c1. The summed E-state index contributed by atoms with van der Waals surface area (Å²) in [4.78, 5) is 25.8. The fourth-order valence-corrected chi connectivity index (χ4v) is 3.09. The van der Waals surface area contributed by atoms with Gasteiger partial charge in [-0.25, -0.2) is 4.79 Å². The summed E-state index contributed by atoms with van der Waals surface area (Å²) in [6, 6.07) is 5.14. The highest BCUT2D eigenvalue weighted by Crippen LogP contribution is 2.25. The molecule has 0 aromatic heterocycles. The maximum absolute atomic E-state index is 12.7. The summed E-state index contributed by atoms with van der Waals surface area (Å²) in [5, 5.41) is 9.13. The van der Waals surface area contributed by atoms with Gasteiger partial charge in [0.25, 0.3) is 5.91 Å². The molecule has 1 atom stereocenters. The largest absolute Gasteiger partial charge is 0.478 e. The van der Waals surface area contributed by atoms with Crippen LogP contribution in [0.15, 0.2) is 18.2 Å². The Bertz CT molecular complexity index is 551. The number of hydrogen-bond donors (Lipinski definition) is 1. The van der Waals surface area contributed by atoms with Crippen LogP contribution in [-0.2, 0) is 0 Å². The molecule has 1 aromatic rings. The predicted molar refractivity (Wildman–Crippen MR) is 81.7 cm³/mol. The van der Waals surface area contributed by atoms with Crippen LogP contribution in [0.2, 0.25) is 0 Å². The Hall–Kier alpha value is -1.84. The predicted octanol–water partition coefficient (Wildman–Crippen LogP) is 3.34. The lowest BCUT2D eigenvalue weighted by molar-refractivity contribution is 0.0696. The Kier molecular flexibility index (Phi) is 4.66. The van der Waals surface area contributed by atoms with E-state index < -0.39 is 5.97 Å². The lowest BCUT2D eigenvalue weighted by Gasteiger charge is -2.26. The van der Waals surface area contributed by atoms with Crippen LogP contribution in [0.1, 0.15) is 59.4 Å². The Morgan fingerprint density at radius 2 is 1.95 bits per heavy atom. The average Bonchev–Trinajstić information content (AvgIpc) is 2.84. The van der Waals surface area contributed by atoms with Gasteiger partial charge in [0, 0.05) is 18.2 Å². The maximum atomic E-state index is 12.7. The highest BCUT2D eigenvalue weighted by Gasteiger charge is 2.30. The van der Waals surface area contributed by atoms with Crippen molar-refractivity contribution in [1.29, 1.82) is 0 Å². The molecule has 1 aliphatic rings. The standard InChI is InChI=1S/C17H23NO3/c1-11(2)7-15-5-4-6-18(15)16(19)13-8-12(3)9-14(10-13)17(20)21/h8-11,15H,4-7H2,1-3H3,(H,20,21). The van der Waals surface area contributed by atoms with E-state index in [1.165, 1.54) is 6.07 Å². The highest BCUT2D eigenvalue weighted by atomic mass is 16.4. The third kappa shape index (κ3) is 3.63. The molecule has 0 saturated carbocycles. The Morgan fingerprint density at radius 3 is 2.57 bits per heavy atom. The van der Waals surface area contributed by atoms with E-state index in [0.29, 0.717) is 11.5 Å². The molecule has 4 nitrogen and oxygen atoms in total. The first-order chi connectivity index (χ1) is 9.88. The second-order valence-corrected chi connectivity index (χ2v) is 6.32. The molecule has 1 amide bonds. The van der Waals surface area contributed by atoms with Gasteiger partial charge in [0.15, 0.2) is 0 Å². The minimum absolute atomic E-state index is 0.0376. The van der Waals surface area contributed by atoms with Crippen molar-refractivity contribution in [1.82, 2.24) is 4.90 Å². The van der Waals surface area contributed by atoms with E-state index in [9.17, 15) is 9.59 Å². The van der Waals surface area contributed by atoms with Crippen LogP contribution in [0.5, 0.6) is 0 Å². The molecule has 0 aliphatic carbocycles. The topological polar surface area (TPSA) is 57.6 Å². The van der Waals surface area contributed by atoms with E-state index in [4.69, 9.17) is 5.11 Å². The molecule has 0 bridgehead atoms. The summed E-state index contributed by atoms with van der Waals surface area (Å²) in [6.45, 7) is 6.91. The number of carbonyl (C=O) groups is 2. The number of nitrogens with zero attached hydrogens (tertiary/aromatic N) is 1. The molecule has 1 aromatic carbocycles. The Morgan fingerprint density at radius 1 is 1.29 bits per heavy atom. The second-order valence-electron chi connectivity index (χ2n) is 6.32. The summed E-state index contributed by atoms with van der Waals surface area (Å²) in [5.41, 5.74) is 1.47. The van der Waals surface area contributed by atoms with Crippen LogP contribution in [0, 0.1) is 12.8 Å². The van der Waals surface area contributed by atoms with Gasteiger partial charge < -0.3 is 10.0 Å². The fourth-order valence-electron chi connectivity index (χ4n) is 3.09. The number of carboxylic acid groups (broad SMARTS) is 1. The minimum atomic E-state index is -0.993. The average molecular weight is 289 g/mol. The van der Waals surface area contributed by atoms with Crippen molar-refractivity contribution >= 4 is 11.9 Å². The molecule has 21 heavy (non-hydrogen) atoms. The first-order valence-corrected chi connectivity index (χ1v) is 7.54. The van der Waals surface area contributed by atoms with Gasteiger partial charge in [0.05, 0.1) is 5.56 Å². The molecule has 1 saturated heterocycles. The molecule has 0 radical (unpaired) electrons. The van der Waals surface area contributed by atoms with Gasteiger partial charge in [0.1, 0.15) is 0 Å². The second kappa shape index (κ2) is 6.29. The molecule has 114 valence electrons. The zero-order valence-corrected chi connectivity index (χ0v) is 12.9. The number of aromatic carboxylic acids is 1. The normalized spacial score (nSPS) is 18.3. The number of carbonyl (C=O) groups excluding carboxylic acids is 1. The monoisotopic (exact) mass is 289 g/mol. The van der Waals surface area contributed by atoms with Gasteiger partial charge in [-0.05, 0) is 55.9 Å². The lowest BCUT2D eigenvalue weighted by Crippen LogP contribution is -2.36. The number of carboxylic acids is 1. The van der Waals surface area contributed by atoms with E-state index in [1.54, 1.807) is 12.1 Å². The van der Waals surface area contributed by atoms with Crippen LogP contribution in [-0.4, -0.2) is 34.5 Å². The molecule has 1 aliphatic heterocycles. The number of rotatable bonds is 4. The van der Waals surface area contributed by atoms with Crippen molar-refractivity contribution in [2.45, 2.75) is 46.1 Å². The highest BCUT2D eigenvalue weighted by molar-refractivity contribution is 5.98. The van der Waals surface area contributed by atoms with Gasteiger partial charge in [-0.2, -0.15) is 0 Å². The van der Waals surface area contributed by atoms with Crippen molar-refractivity contribution < 1.29 is 14.7 Å². The number of aryl methyl sites for hydroxylation is 1. The van der Waals surface area contributed by atoms with E-state index in [2.05, 4.69) is 13.8 Å². The van der Waals surface area contributed by atoms with Crippen LogP contribution in [0.25, 0.3) is 0 Å².